The predicted molar refractivity (Wildman–Crippen MR) is 87.2 cm³/mol. The fourth-order valence-corrected chi connectivity index (χ4v) is 3.69. The Balaban J connectivity index is 2.81. The van der Waals surface area contributed by atoms with Crippen LogP contribution < -0.4 is 0 Å². The maximum absolute atomic E-state index is 9.22. The molecule has 1 aromatic heterocycles. The number of aryl methyl sites for hydroxylation is 1. The molecule has 1 aliphatic rings. The van der Waals surface area contributed by atoms with E-state index in [9.17, 15) is 10.5 Å². The summed E-state index contributed by atoms with van der Waals surface area (Å²) in [4.78, 5) is 3.17. The third-order valence-electron chi connectivity index (χ3n) is 3.05. The molecule has 0 saturated heterocycles. The van der Waals surface area contributed by atoms with Gasteiger partial charge >= 0.3 is 0 Å². The molecule has 0 amide bonds. The van der Waals surface area contributed by atoms with Gasteiger partial charge in [0.1, 0.15) is 17.7 Å². The highest BCUT2D eigenvalue weighted by atomic mass is 32.1. The van der Waals surface area contributed by atoms with E-state index in [0.29, 0.717) is 0 Å². The normalized spacial score (nSPS) is 12.8. The number of thiol groups is 1. The lowest BCUT2D eigenvalue weighted by Gasteiger charge is -2.04. The second kappa shape index (κ2) is 5.71. The van der Waals surface area contributed by atoms with Crippen molar-refractivity contribution in [1.29, 1.82) is 10.5 Å². The third kappa shape index (κ3) is 2.33. The maximum Gasteiger partial charge on any atom is 0.138 e. The fraction of sp³-hybridized carbons (Fsp3) is 0.250. The zero-order valence-electron chi connectivity index (χ0n) is 11.6. The third-order valence-corrected chi connectivity index (χ3v) is 4.96. The van der Waals surface area contributed by atoms with Gasteiger partial charge in [0, 0.05) is 25.8 Å². The largest absolute Gasteiger partial charge is 0.192 e. The highest BCUT2D eigenvalue weighted by Crippen LogP contribution is 2.49. The second-order valence-corrected chi connectivity index (χ2v) is 6.35. The summed E-state index contributed by atoms with van der Waals surface area (Å²) in [5.74, 6) is 0. The minimum Gasteiger partial charge on any atom is -0.192 e. The molecule has 1 heterocycles. The summed E-state index contributed by atoms with van der Waals surface area (Å²) in [6.07, 6.45) is 2.93. The average molecular weight is 298 g/mol. The SMILES string of the molecule is CCc1cc2c(s1)C(S)=C(C=C(C)C)C2=C(C#N)C#N. The zero-order valence-corrected chi connectivity index (χ0v) is 13.3. The highest BCUT2D eigenvalue weighted by molar-refractivity contribution is 7.91. The smallest absolute Gasteiger partial charge is 0.138 e. The number of fused-ring (bicyclic) bond motifs is 1. The Kier molecular flexibility index (Phi) is 4.18. The van der Waals surface area contributed by atoms with E-state index in [2.05, 4.69) is 25.6 Å². The van der Waals surface area contributed by atoms with Crippen LogP contribution in [0.25, 0.3) is 10.5 Å². The van der Waals surface area contributed by atoms with Crippen LogP contribution in [0.5, 0.6) is 0 Å². The van der Waals surface area contributed by atoms with Crippen molar-refractivity contribution in [2.45, 2.75) is 27.2 Å². The molecule has 0 N–H and O–H groups in total. The van der Waals surface area contributed by atoms with E-state index >= 15 is 0 Å². The van der Waals surface area contributed by atoms with Crippen molar-refractivity contribution in [2.75, 3.05) is 0 Å². The molecule has 1 aliphatic carbocycles. The molecule has 2 nitrogen and oxygen atoms in total. The van der Waals surface area contributed by atoms with E-state index in [-0.39, 0.29) is 5.57 Å². The Hall–Kier alpha value is -1.75. The van der Waals surface area contributed by atoms with Crippen molar-refractivity contribution < 1.29 is 0 Å². The van der Waals surface area contributed by atoms with Crippen LogP contribution in [0.15, 0.2) is 28.9 Å². The van der Waals surface area contributed by atoms with Gasteiger partial charge in [-0.25, -0.2) is 0 Å². The summed E-state index contributed by atoms with van der Waals surface area (Å²) < 4.78 is 0. The van der Waals surface area contributed by atoms with Crippen LogP contribution in [0.1, 0.15) is 36.1 Å². The molecule has 100 valence electrons. The molecule has 2 rings (SSSR count). The van der Waals surface area contributed by atoms with Crippen LogP contribution in [0.3, 0.4) is 0 Å². The van der Waals surface area contributed by atoms with Gasteiger partial charge in [-0.1, -0.05) is 18.6 Å². The van der Waals surface area contributed by atoms with E-state index in [1.807, 2.05) is 32.1 Å². The summed E-state index contributed by atoms with van der Waals surface area (Å²) >= 11 is 6.30. The van der Waals surface area contributed by atoms with Crippen LogP contribution in [0.2, 0.25) is 0 Å². The van der Waals surface area contributed by atoms with E-state index in [1.54, 1.807) is 11.3 Å². The lowest BCUT2D eigenvalue weighted by Crippen LogP contribution is -1.88. The minimum absolute atomic E-state index is 0.156. The van der Waals surface area contributed by atoms with Gasteiger partial charge in [0.25, 0.3) is 0 Å². The molecule has 20 heavy (non-hydrogen) atoms. The summed E-state index contributed by atoms with van der Waals surface area (Å²) in [6.45, 7) is 6.08. The fourth-order valence-electron chi connectivity index (χ4n) is 2.20. The molecule has 0 fully saturated rings. The van der Waals surface area contributed by atoms with Gasteiger partial charge in [-0.2, -0.15) is 10.5 Å². The topological polar surface area (TPSA) is 47.6 Å². The van der Waals surface area contributed by atoms with Crippen molar-refractivity contribution in [3.8, 4) is 12.1 Å². The number of nitriles is 2. The van der Waals surface area contributed by atoms with Crippen molar-refractivity contribution in [3.63, 3.8) is 0 Å². The van der Waals surface area contributed by atoms with E-state index < -0.39 is 0 Å². The number of hydrogen-bond donors (Lipinski definition) is 1. The molecular weight excluding hydrogens is 284 g/mol. The number of rotatable bonds is 2. The molecule has 0 aromatic carbocycles. The quantitative estimate of drug-likeness (QED) is 0.633. The number of thiophene rings is 1. The van der Waals surface area contributed by atoms with Gasteiger partial charge < -0.3 is 0 Å². The van der Waals surface area contributed by atoms with Crippen molar-refractivity contribution in [2.24, 2.45) is 0 Å². The van der Waals surface area contributed by atoms with Crippen LogP contribution in [0.4, 0.5) is 0 Å². The van der Waals surface area contributed by atoms with Crippen LogP contribution in [-0.2, 0) is 6.42 Å². The van der Waals surface area contributed by atoms with Gasteiger partial charge in [-0.3, -0.25) is 0 Å². The first-order valence-corrected chi connectivity index (χ1v) is 7.56. The summed E-state index contributed by atoms with van der Waals surface area (Å²) in [5, 5.41) is 18.4. The Morgan fingerprint density at radius 1 is 1.35 bits per heavy atom. The van der Waals surface area contributed by atoms with E-state index in [1.165, 1.54) is 4.88 Å². The standard InChI is InChI=1S/C16H14N2S2/c1-4-11-6-13-14(10(7-17)8-18)12(5-9(2)3)15(19)16(13)20-11/h5-6,19H,4H2,1-3H3. The van der Waals surface area contributed by atoms with E-state index in [0.717, 1.165) is 38.5 Å². The van der Waals surface area contributed by atoms with Crippen LogP contribution in [0, 0.1) is 22.7 Å². The monoisotopic (exact) mass is 298 g/mol. The number of allylic oxidation sites excluding steroid dienone is 5. The first-order valence-electron chi connectivity index (χ1n) is 6.29. The molecule has 0 radical (unpaired) electrons. The van der Waals surface area contributed by atoms with Gasteiger partial charge in [0.05, 0.1) is 0 Å². The molecular formula is C16H14N2S2. The Labute approximate surface area is 128 Å². The molecule has 0 bridgehead atoms. The van der Waals surface area contributed by atoms with Crippen molar-refractivity contribution >= 4 is 34.4 Å². The Morgan fingerprint density at radius 2 is 2.00 bits per heavy atom. The second-order valence-electron chi connectivity index (χ2n) is 4.77. The number of nitrogens with zero attached hydrogens (tertiary/aromatic N) is 2. The molecule has 0 atom stereocenters. The number of hydrogen-bond acceptors (Lipinski definition) is 4. The summed E-state index contributed by atoms with van der Waals surface area (Å²) in [5.41, 5.74) is 3.86. The average Bonchev–Trinajstić information content (AvgIpc) is 2.93. The lowest BCUT2D eigenvalue weighted by molar-refractivity contribution is 1.18. The molecule has 0 saturated carbocycles. The van der Waals surface area contributed by atoms with Crippen LogP contribution in [-0.4, -0.2) is 0 Å². The van der Waals surface area contributed by atoms with Gasteiger partial charge in [-0.05, 0) is 31.9 Å². The molecule has 0 aliphatic heterocycles. The van der Waals surface area contributed by atoms with Crippen molar-refractivity contribution in [3.05, 3.63) is 44.2 Å². The predicted octanol–water partition coefficient (Wildman–Crippen LogP) is 4.73. The molecule has 1 aromatic rings. The summed E-state index contributed by atoms with van der Waals surface area (Å²) in [6, 6.07) is 6.10. The van der Waals surface area contributed by atoms with E-state index in [4.69, 9.17) is 0 Å². The highest BCUT2D eigenvalue weighted by Gasteiger charge is 2.28. The zero-order chi connectivity index (χ0) is 14.9. The molecule has 0 unspecified atom stereocenters. The van der Waals surface area contributed by atoms with Gasteiger partial charge in [0.15, 0.2) is 0 Å². The summed E-state index contributed by atoms with van der Waals surface area (Å²) in [7, 11) is 0. The Bertz CT molecular complexity index is 726. The van der Waals surface area contributed by atoms with Crippen LogP contribution >= 0.6 is 24.0 Å². The maximum atomic E-state index is 9.22. The molecule has 0 spiro atoms. The minimum atomic E-state index is 0.156. The molecule has 4 heteroatoms. The van der Waals surface area contributed by atoms with Gasteiger partial charge in [0.2, 0.25) is 0 Å². The first-order chi connectivity index (χ1) is 9.53. The first kappa shape index (κ1) is 14.7. The van der Waals surface area contributed by atoms with Gasteiger partial charge in [-0.15, -0.1) is 24.0 Å². The lowest BCUT2D eigenvalue weighted by atomic mass is 9.98. The Morgan fingerprint density at radius 3 is 2.50 bits per heavy atom. The van der Waals surface area contributed by atoms with Crippen molar-refractivity contribution in [1.82, 2.24) is 0 Å².